The lowest BCUT2D eigenvalue weighted by Crippen LogP contribution is -2.43. The first-order valence-electron chi connectivity index (χ1n) is 13.6. The summed E-state index contributed by atoms with van der Waals surface area (Å²) in [7, 11) is 0. The topological polar surface area (TPSA) is 91.8 Å². The Balaban J connectivity index is 1.48. The Hall–Kier alpha value is -3.28. The molecule has 1 saturated carbocycles. The van der Waals surface area contributed by atoms with Crippen molar-refractivity contribution >= 4 is 23.4 Å². The number of phenolic OH excluding ortho intramolecular Hbond substituents is 1. The Morgan fingerprint density at radius 3 is 2.24 bits per heavy atom. The van der Waals surface area contributed by atoms with E-state index in [-0.39, 0.29) is 41.1 Å². The maximum Gasteiger partial charge on any atom is 0.233 e. The molecule has 0 unspecified atom stereocenters. The van der Waals surface area contributed by atoms with Crippen molar-refractivity contribution in [2.75, 3.05) is 0 Å². The van der Waals surface area contributed by atoms with E-state index in [1.807, 2.05) is 26.0 Å². The van der Waals surface area contributed by atoms with Gasteiger partial charge in [0.25, 0.3) is 0 Å². The molecule has 6 rings (SSSR count). The van der Waals surface area contributed by atoms with Gasteiger partial charge in [-0.2, -0.15) is 0 Å². The van der Waals surface area contributed by atoms with E-state index in [4.69, 9.17) is 0 Å². The Kier molecular flexibility index (Phi) is 5.62. The average molecular weight is 500 g/mol. The van der Waals surface area contributed by atoms with Crippen molar-refractivity contribution < 1.29 is 24.3 Å². The molecule has 2 amide bonds. The molecule has 0 spiro atoms. The maximum absolute atomic E-state index is 13.9. The van der Waals surface area contributed by atoms with Gasteiger partial charge in [0, 0.05) is 28.7 Å². The van der Waals surface area contributed by atoms with E-state index >= 15 is 0 Å². The summed E-state index contributed by atoms with van der Waals surface area (Å²) in [5, 5.41) is 10.4. The number of amides is 2. The molecule has 1 aromatic rings. The number of likely N-dealkylation sites (tertiary alicyclic amines) is 1. The monoisotopic (exact) mass is 499 g/mol. The first-order valence-corrected chi connectivity index (χ1v) is 13.6. The SMILES string of the molecule is CC1=CC(=O)C2=C(C[C@@H]3C(=CC[C@@H]4C(=O)N(C5CCCCC5)C(=O)[C@@H]43)[C@@H]2c2cc(C)c(O)c(C)c2)C1=O. The van der Waals surface area contributed by atoms with Crippen molar-refractivity contribution in [3.63, 3.8) is 0 Å². The van der Waals surface area contributed by atoms with E-state index in [0.717, 1.165) is 43.2 Å². The highest BCUT2D eigenvalue weighted by molar-refractivity contribution is 6.23. The smallest absolute Gasteiger partial charge is 0.233 e. The second kappa shape index (κ2) is 8.64. The number of fused-ring (bicyclic) bond motifs is 3. The summed E-state index contributed by atoms with van der Waals surface area (Å²) in [6.45, 7) is 5.32. The maximum atomic E-state index is 13.9. The third kappa shape index (κ3) is 3.52. The van der Waals surface area contributed by atoms with Crippen molar-refractivity contribution in [3.8, 4) is 5.75 Å². The van der Waals surface area contributed by atoms with Crippen molar-refractivity contribution in [2.45, 2.75) is 77.7 Å². The third-order valence-electron chi connectivity index (χ3n) is 9.38. The van der Waals surface area contributed by atoms with E-state index in [0.29, 0.717) is 40.7 Å². The van der Waals surface area contributed by atoms with Gasteiger partial charge in [0.05, 0.1) is 11.8 Å². The molecular formula is C31H33NO5. The fraction of sp³-hybridized carbons (Fsp3) is 0.484. The Labute approximate surface area is 217 Å². The molecule has 6 heteroatoms. The summed E-state index contributed by atoms with van der Waals surface area (Å²) in [5.74, 6) is -1.94. The molecule has 192 valence electrons. The summed E-state index contributed by atoms with van der Waals surface area (Å²) in [4.78, 5) is 55.8. The largest absolute Gasteiger partial charge is 0.507 e. The third-order valence-corrected chi connectivity index (χ3v) is 9.38. The number of phenols is 1. The van der Waals surface area contributed by atoms with Gasteiger partial charge in [-0.1, -0.05) is 43.0 Å². The van der Waals surface area contributed by atoms with Crippen molar-refractivity contribution in [1.82, 2.24) is 4.90 Å². The molecular weight excluding hydrogens is 466 g/mol. The molecule has 1 aliphatic heterocycles. The molecule has 1 saturated heterocycles. The number of Topliss-reactive ketones (excluding diaryl/α,β-unsaturated/α-hetero) is 1. The summed E-state index contributed by atoms with van der Waals surface area (Å²) in [6.07, 6.45) is 9.20. The van der Waals surface area contributed by atoms with Gasteiger partial charge in [-0.15, -0.1) is 0 Å². The first kappa shape index (κ1) is 24.1. The summed E-state index contributed by atoms with van der Waals surface area (Å²) in [5.41, 5.74) is 4.59. The second-order valence-electron chi connectivity index (χ2n) is 11.6. The van der Waals surface area contributed by atoms with Gasteiger partial charge < -0.3 is 5.11 Å². The van der Waals surface area contributed by atoms with Crippen LogP contribution in [0.4, 0.5) is 0 Å². The van der Waals surface area contributed by atoms with Crippen LogP contribution < -0.4 is 0 Å². The van der Waals surface area contributed by atoms with E-state index in [2.05, 4.69) is 6.08 Å². The summed E-state index contributed by atoms with van der Waals surface area (Å²) < 4.78 is 0. The second-order valence-corrected chi connectivity index (χ2v) is 11.6. The molecule has 0 bridgehead atoms. The number of aromatic hydroxyl groups is 1. The van der Waals surface area contributed by atoms with Crippen LogP contribution in [0.2, 0.25) is 0 Å². The zero-order chi connectivity index (χ0) is 26.2. The van der Waals surface area contributed by atoms with E-state index in [9.17, 15) is 24.3 Å². The quantitative estimate of drug-likeness (QED) is 0.360. The highest BCUT2D eigenvalue weighted by atomic mass is 16.3. The average Bonchev–Trinajstić information content (AvgIpc) is 3.14. The molecule has 5 aliphatic rings. The van der Waals surface area contributed by atoms with E-state index < -0.39 is 17.8 Å². The fourth-order valence-electron chi connectivity index (χ4n) is 7.64. The predicted molar refractivity (Wildman–Crippen MR) is 138 cm³/mol. The van der Waals surface area contributed by atoms with Gasteiger partial charge in [0.15, 0.2) is 11.6 Å². The van der Waals surface area contributed by atoms with Crippen LogP contribution in [0.25, 0.3) is 0 Å². The lowest BCUT2D eigenvalue weighted by Gasteiger charge is -2.42. The molecule has 6 nitrogen and oxygen atoms in total. The number of carbonyl (C=O) groups excluding carboxylic acids is 4. The van der Waals surface area contributed by atoms with E-state index in [1.54, 1.807) is 11.8 Å². The molecule has 37 heavy (non-hydrogen) atoms. The number of hydrogen-bond acceptors (Lipinski definition) is 5. The number of aryl methyl sites for hydroxylation is 2. The highest BCUT2D eigenvalue weighted by Crippen LogP contribution is 2.55. The first-order chi connectivity index (χ1) is 17.7. The minimum absolute atomic E-state index is 0.0255. The number of nitrogens with zero attached hydrogens (tertiary/aromatic N) is 1. The zero-order valence-electron chi connectivity index (χ0n) is 21.7. The van der Waals surface area contributed by atoms with Gasteiger partial charge in [0.2, 0.25) is 11.8 Å². The number of hydrogen-bond donors (Lipinski definition) is 1. The highest BCUT2D eigenvalue weighted by Gasteiger charge is 2.57. The minimum Gasteiger partial charge on any atom is -0.507 e. The molecule has 1 N–H and O–H groups in total. The lowest BCUT2D eigenvalue weighted by atomic mass is 9.59. The van der Waals surface area contributed by atoms with Crippen molar-refractivity contribution in [3.05, 3.63) is 63.3 Å². The van der Waals surface area contributed by atoms with Crippen LogP contribution in [0.1, 0.15) is 74.5 Å². The molecule has 1 heterocycles. The molecule has 1 aromatic carbocycles. The number of imide groups is 1. The van der Waals surface area contributed by atoms with Gasteiger partial charge in [-0.25, -0.2) is 0 Å². The van der Waals surface area contributed by atoms with Crippen LogP contribution in [-0.2, 0) is 19.2 Å². The van der Waals surface area contributed by atoms with Crippen LogP contribution in [0.15, 0.2) is 46.6 Å². The number of benzene rings is 1. The predicted octanol–water partition coefficient (Wildman–Crippen LogP) is 4.77. The molecule has 4 aliphatic carbocycles. The number of allylic oxidation sites excluding steroid dienone is 6. The van der Waals surface area contributed by atoms with Gasteiger partial charge in [0.1, 0.15) is 5.75 Å². The minimum atomic E-state index is -0.501. The van der Waals surface area contributed by atoms with E-state index in [1.165, 1.54) is 6.08 Å². The summed E-state index contributed by atoms with van der Waals surface area (Å²) in [6, 6.07) is 3.74. The number of ketones is 2. The summed E-state index contributed by atoms with van der Waals surface area (Å²) >= 11 is 0. The van der Waals surface area contributed by atoms with Gasteiger partial charge in [-0.3, -0.25) is 24.1 Å². The normalized spacial score (nSPS) is 30.2. The van der Waals surface area contributed by atoms with Crippen molar-refractivity contribution in [2.24, 2.45) is 17.8 Å². The molecule has 4 atom stereocenters. The van der Waals surface area contributed by atoms with Crippen LogP contribution in [0, 0.1) is 31.6 Å². The zero-order valence-corrected chi connectivity index (χ0v) is 21.7. The van der Waals surface area contributed by atoms with Crippen molar-refractivity contribution in [1.29, 1.82) is 0 Å². The Morgan fingerprint density at radius 1 is 0.892 bits per heavy atom. The van der Waals surface area contributed by atoms with Crippen LogP contribution in [0.5, 0.6) is 5.75 Å². The molecule has 0 aromatic heterocycles. The number of carbonyl (C=O) groups is 4. The number of rotatable bonds is 2. The van der Waals surface area contributed by atoms with Crippen LogP contribution in [-0.4, -0.2) is 39.4 Å². The fourth-order valence-corrected chi connectivity index (χ4v) is 7.64. The molecule has 2 fully saturated rings. The van der Waals surface area contributed by atoms with Gasteiger partial charge >= 0.3 is 0 Å². The Bertz CT molecular complexity index is 1330. The standard InChI is InChI=1S/C31H33NO5/c1-15-11-18(12-16(2)28(15)34)25-20-9-10-21-26(31(37)32(30(21)36)19-7-5-4-6-8-19)22(20)14-23-27(25)24(33)13-17(3)29(23)35/h9,11-13,19,21-22,25-26,34H,4-8,10,14H2,1-3H3/t21-,22+,25-,26-/m0/s1. The Morgan fingerprint density at radius 2 is 1.57 bits per heavy atom. The van der Waals surface area contributed by atoms with Crippen LogP contribution in [0.3, 0.4) is 0 Å². The van der Waals surface area contributed by atoms with Gasteiger partial charge in [-0.05, 0) is 75.1 Å². The van der Waals surface area contributed by atoms with Crippen LogP contribution >= 0.6 is 0 Å². The molecule has 0 radical (unpaired) electrons. The lowest BCUT2D eigenvalue weighted by molar-refractivity contribution is -0.143.